The molecule has 0 aliphatic heterocycles. The average molecular weight is 489 g/mol. The van der Waals surface area contributed by atoms with E-state index in [0.717, 1.165) is 41.0 Å². The molecule has 8 atom stereocenters. The van der Waals surface area contributed by atoms with Gasteiger partial charge in [0.1, 0.15) is 6.29 Å². The van der Waals surface area contributed by atoms with Crippen LogP contribution in [0.15, 0.2) is 60.7 Å². The van der Waals surface area contributed by atoms with Crippen LogP contribution in [0.25, 0.3) is 0 Å². The van der Waals surface area contributed by atoms with Gasteiger partial charge in [-0.05, 0) is 75.6 Å². The van der Waals surface area contributed by atoms with Crippen LogP contribution in [0, 0.1) is 46.8 Å². The third-order valence-corrected chi connectivity index (χ3v) is 15.5. The molecule has 35 heavy (non-hydrogen) atoms. The smallest absolute Gasteiger partial charge is 0.258 e. The lowest BCUT2D eigenvalue weighted by atomic mass is 9.52. The topological polar surface area (TPSA) is 37.3 Å². The molecule has 3 saturated carbocycles. The summed E-state index contributed by atoms with van der Waals surface area (Å²) in [6.07, 6.45) is 7.18. The highest BCUT2D eigenvalue weighted by Crippen LogP contribution is 2.72. The fourth-order valence-corrected chi connectivity index (χ4v) is 12.5. The zero-order valence-corrected chi connectivity index (χ0v) is 23.3. The van der Waals surface area contributed by atoms with E-state index in [-0.39, 0.29) is 16.4 Å². The van der Waals surface area contributed by atoms with Gasteiger partial charge in [-0.1, -0.05) is 108 Å². The summed E-state index contributed by atoms with van der Waals surface area (Å²) in [6.45, 7) is 11.9. The Morgan fingerprint density at radius 1 is 0.943 bits per heavy atom. The maximum Gasteiger partial charge on any atom is 0.258 e. The zero-order valence-electron chi connectivity index (χ0n) is 22.3. The molecule has 0 unspecified atom stereocenters. The van der Waals surface area contributed by atoms with Crippen molar-refractivity contribution in [1.29, 1.82) is 0 Å². The van der Waals surface area contributed by atoms with Crippen LogP contribution in [0.3, 0.4) is 0 Å². The Morgan fingerprint density at radius 3 is 1.97 bits per heavy atom. The molecule has 2 nitrogen and oxygen atoms in total. The molecule has 3 heteroatoms. The SMILES string of the molecule is C[C@H]1CC[C@H](C)[C@H]2[C@@H]1[C@H](CCC(C)(C)[Si](O)(c1ccccc1)c1ccccc1)[C@H](C=O)[C@]1(C)C[C@H]21. The maximum absolute atomic E-state index is 12.6. The number of hydrogen-bond donors (Lipinski definition) is 1. The molecule has 188 valence electrons. The van der Waals surface area contributed by atoms with E-state index in [1.807, 2.05) is 12.1 Å². The van der Waals surface area contributed by atoms with Crippen molar-refractivity contribution >= 4 is 25.0 Å². The first-order chi connectivity index (χ1) is 16.6. The molecule has 0 heterocycles. The van der Waals surface area contributed by atoms with Gasteiger partial charge < -0.3 is 9.59 Å². The Kier molecular flexibility index (Phi) is 6.41. The van der Waals surface area contributed by atoms with Gasteiger partial charge in [0.25, 0.3) is 8.32 Å². The van der Waals surface area contributed by atoms with Crippen LogP contribution in [-0.2, 0) is 4.79 Å². The molecule has 0 saturated heterocycles. The molecule has 0 aromatic heterocycles. The van der Waals surface area contributed by atoms with Gasteiger partial charge in [-0.2, -0.15) is 0 Å². The highest BCUT2D eigenvalue weighted by atomic mass is 28.4. The summed E-state index contributed by atoms with van der Waals surface area (Å²) in [7, 11) is -3.03. The van der Waals surface area contributed by atoms with Crippen LogP contribution < -0.4 is 10.4 Å². The Balaban J connectivity index is 1.49. The average Bonchev–Trinajstić information content (AvgIpc) is 3.56. The predicted octanol–water partition coefficient (Wildman–Crippen LogP) is 6.07. The normalized spacial score (nSPS) is 36.7. The van der Waals surface area contributed by atoms with Crippen LogP contribution in [0.4, 0.5) is 0 Å². The second kappa shape index (κ2) is 8.99. The summed E-state index contributed by atoms with van der Waals surface area (Å²) in [4.78, 5) is 25.2. The van der Waals surface area contributed by atoms with Gasteiger partial charge in [0.15, 0.2) is 0 Å². The van der Waals surface area contributed by atoms with Crippen molar-refractivity contribution in [1.82, 2.24) is 0 Å². The maximum atomic E-state index is 12.6. The van der Waals surface area contributed by atoms with Crippen molar-refractivity contribution in [2.45, 2.75) is 71.8 Å². The fourth-order valence-electron chi connectivity index (χ4n) is 8.79. The zero-order chi connectivity index (χ0) is 25.0. The summed E-state index contributed by atoms with van der Waals surface area (Å²) in [6, 6.07) is 20.8. The lowest BCUT2D eigenvalue weighted by molar-refractivity contribution is -0.123. The molecule has 2 aromatic carbocycles. The first-order valence-corrected chi connectivity index (χ1v) is 15.9. The quantitative estimate of drug-likeness (QED) is 0.379. The van der Waals surface area contributed by atoms with Crippen molar-refractivity contribution in [3.8, 4) is 0 Å². The Morgan fingerprint density at radius 2 is 1.46 bits per heavy atom. The Bertz CT molecular complexity index is 995. The molecule has 0 spiro atoms. The van der Waals surface area contributed by atoms with E-state index >= 15 is 0 Å². The third kappa shape index (κ3) is 3.89. The van der Waals surface area contributed by atoms with E-state index in [4.69, 9.17) is 0 Å². The molecule has 1 N–H and O–H groups in total. The van der Waals surface area contributed by atoms with E-state index in [2.05, 4.69) is 83.1 Å². The minimum absolute atomic E-state index is 0.167. The summed E-state index contributed by atoms with van der Waals surface area (Å²) < 4.78 is 0. The lowest BCUT2D eigenvalue weighted by Crippen LogP contribution is -2.65. The van der Waals surface area contributed by atoms with Crippen LogP contribution in [0.1, 0.15) is 66.7 Å². The number of rotatable bonds is 7. The standard InChI is InChI=1S/C32H44O2Si/c1-22-16-17-23(2)30-27-20-32(27,5)28(21-33)26(29(22)30)18-19-31(3,4)35(34,24-12-8-6-9-13-24)25-14-10-7-11-15-25/h6-15,21-23,26-30,34H,16-20H2,1-5H3/t22-,23-,26+,27+,28-,29-,30+,32+/m0/s1. The molecule has 0 bridgehead atoms. The molecule has 0 radical (unpaired) electrons. The van der Waals surface area contributed by atoms with Gasteiger partial charge in [-0.3, -0.25) is 0 Å². The Hall–Kier alpha value is -1.71. The monoisotopic (exact) mass is 488 g/mol. The largest absolute Gasteiger partial charge is 0.424 e. The van der Waals surface area contributed by atoms with Crippen molar-refractivity contribution in [2.75, 3.05) is 0 Å². The highest BCUT2D eigenvalue weighted by molar-refractivity contribution is 6.98. The van der Waals surface area contributed by atoms with E-state index in [9.17, 15) is 9.59 Å². The molecular weight excluding hydrogens is 444 g/mol. The third-order valence-electron chi connectivity index (χ3n) is 11.0. The first kappa shape index (κ1) is 25.0. The Labute approximate surface area is 213 Å². The predicted molar refractivity (Wildman–Crippen MR) is 147 cm³/mol. The number of fused-ring (bicyclic) bond motifs is 3. The summed E-state index contributed by atoms with van der Waals surface area (Å²) in [5, 5.41) is 1.90. The number of benzene rings is 2. The van der Waals surface area contributed by atoms with Gasteiger partial charge in [0, 0.05) is 5.92 Å². The molecular formula is C32H44O2Si. The molecule has 3 aliphatic rings. The van der Waals surface area contributed by atoms with Crippen molar-refractivity contribution in [3.63, 3.8) is 0 Å². The minimum atomic E-state index is -3.03. The van der Waals surface area contributed by atoms with Gasteiger partial charge in [0.05, 0.1) is 0 Å². The molecule has 2 aromatic rings. The van der Waals surface area contributed by atoms with E-state index in [1.165, 1.54) is 25.5 Å². The van der Waals surface area contributed by atoms with Crippen molar-refractivity contribution in [2.24, 2.45) is 46.8 Å². The van der Waals surface area contributed by atoms with Crippen molar-refractivity contribution < 1.29 is 9.59 Å². The van der Waals surface area contributed by atoms with E-state index in [1.54, 1.807) is 0 Å². The minimum Gasteiger partial charge on any atom is -0.424 e. The number of carbonyl (C=O) groups excluding carboxylic acids is 1. The number of hydrogen-bond acceptors (Lipinski definition) is 2. The van der Waals surface area contributed by atoms with Crippen molar-refractivity contribution in [3.05, 3.63) is 60.7 Å². The van der Waals surface area contributed by atoms with E-state index in [0.29, 0.717) is 17.8 Å². The van der Waals surface area contributed by atoms with Gasteiger partial charge in [-0.15, -0.1) is 0 Å². The van der Waals surface area contributed by atoms with Gasteiger partial charge in [-0.25, -0.2) is 0 Å². The highest BCUT2D eigenvalue weighted by Gasteiger charge is 2.68. The van der Waals surface area contributed by atoms with Gasteiger partial charge >= 0.3 is 0 Å². The summed E-state index contributed by atoms with van der Waals surface area (Å²) in [5.74, 6) is 4.22. The second-order valence-corrected chi connectivity index (χ2v) is 17.1. The van der Waals surface area contributed by atoms with E-state index < -0.39 is 8.32 Å². The molecule has 3 fully saturated rings. The van der Waals surface area contributed by atoms with Gasteiger partial charge in [0.2, 0.25) is 0 Å². The summed E-state index contributed by atoms with van der Waals surface area (Å²) in [5.41, 5.74) is 0.204. The fraction of sp³-hybridized carbons (Fsp3) is 0.594. The number of aldehydes is 1. The van der Waals surface area contributed by atoms with Crippen LogP contribution in [-0.4, -0.2) is 19.4 Å². The summed E-state index contributed by atoms with van der Waals surface area (Å²) >= 11 is 0. The molecule has 5 rings (SSSR count). The molecule has 3 aliphatic carbocycles. The van der Waals surface area contributed by atoms with Crippen LogP contribution in [0.5, 0.6) is 0 Å². The first-order valence-electron chi connectivity index (χ1n) is 13.9. The van der Waals surface area contributed by atoms with Crippen LogP contribution >= 0.6 is 0 Å². The second-order valence-electron chi connectivity index (χ2n) is 13.2. The molecule has 0 amide bonds. The number of carbonyl (C=O) groups is 1. The lowest BCUT2D eigenvalue weighted by Gasteiger charge is -2.53. The van der Waals surface area contributed by atoms with Crippen LogP contribution in [0.2, 0.25) is 5.04 Å².